The monoisotopic (exact) mass is 636 g/mol. The summed E-state index contributed by atoms with van der Waals surface area (Å²) in [6.45, 7) is 4.30. The maximum absolute atomic E-state index is 13.9. The summed E-state index contributed by atoms with van der Waals surface area (Å²) in [5.41, 5.74) is 2.72. The van der Waals surface area contributed by atoms with E-state index in [-0.39, 0.29) is 18.1 Å². The van der Waals surface area contributed by atoms with E-state index in [1.807, 2.05) is 73.0 Å². The molecular formula is C31H29BrN2O4S2. The summed E-state index contributed by atoms with van der Waals surface area (Å²) in [5.74, 6) is 0.340. The highest BCUT2D eigenvalue weighted by molar-refractivity contribution is 9.11. The van der Waals surface area contributed by atoms with Crippen LogP contribution in [-0.2, 0) is 20.9 Å². The molecule has 5 rings (SSSR count). The lowest BCUT2D eigenvalue weighted by Gasteiger charge is -2.24. The number of esters is 1. The van der Waals surface area contributed by atoms with Crippen LogP contribution in [0.1, 0.15) is 37.4 Å². The minimum absolute atomic E-state index is 0.00440. The van der Waals surface area contributed by atoms with Crippen molar-refractivity contribution in [3.8, 4) is 0 Å². The number of thiazole rings is 1. The summed E-state index contributed by atoms with van der Waals surface area (Å²) in [5, 5.41) is 0. The maximum atomic E-state index is 13.9. The Labute approximate surface area is 249 Å². The van der Waals surface area contributed by atoms with Gasteiger partial charge in [-0.3, -0.25) is 9.36 Å². The average Bonchev–Trinajstić information content (AvgIpc) is 3.26. The molecule has 0 fully saturated rings. The zero-order valence-electron chi connectivity index (χ0n) is 22.4. The Morgan fingerprint density at radius 2 is 1.95 bits per heavy atom. The van der Waals surface area contributed by atoms with E-state index >= 15 is 0 Å². The fourth-order valence-corrected chi connectivity index (χ4v) is 6.88. The Morgan fingerprint density at radius 3 is 2.62 bits per heavy atom. The van der Waals surface area contributed by atoms with E-state index in [2.05, 4.69) is 27.0 Å². The van der Waals surface area contributed by atoms with Crippen molar-refractivity contribution in [3.05, 3.63) is 119 Å². The Morgan fingerprint density at radius 1 is 1.20 bits per heavy atom. The zero-order valence-corrected chi connectivity index (χ0v) is 25.6. The van der Waals surface area contributed by atoms with Gasteiger partial charge in [0.1, 0.15) is 12.4 Å². The van der Waals surface area contributed by atoms with Crippen LogP contribution in [-0.4, -0.2) is 23.4 Å². The molecule has 6 nitrogen and oxygen atoms in total. The van der Waals surface area contributed by atoms with E-state index in [1.54, 1.807) is 30.2 Å². The van der Waals surface area contributed by atoms with Gasteiger partial charge in [0.2, 0.25) is 0 Å². The van der Waals surface area contributed by atoms with Gasteiger partial charge in [0, 0.05) is 15.3 Å². The van der Waals surface area contributed by atoms with Gasteiger partial charge in [-0.05, 0) is 55.9 Å². The summed E-state index contributed by atoms with van der Waals surface area (Å²) >= 11 is 6.66. The third-order valence-electron chi connectivity index (χ3n) is 6.73. The molecule has 1 aliphatic carbocycles. The number of benzene rings is 2. The number of thioether (sulfide) groups is 1. The van der Waals surface area contributed by atoms with Gasteiger partial charge in [0.05, 0.1) is 28.5 Å². The number of hydrogen-bond donors (Lipinski definition) is 0. The van der Waals surface area contributed by atoms with Gasteiger partial charge in [0.25, 0.3) is 5.56 Å². The molecule has 0 unspecified atom stereocenters. The Bertz CT molecular complexity index is 1690. The summed E-state index contributed by atoms with van der Waals surface area (Å²) < 4.78 is 14.6. The van der Waals surface area contributed by atoms with E-state index in [0.29, 0.717) is 33.6 Å². The normalized spacial score (nSPS) is 18.9. The van der Waals surface area contributed by atoms with Gasteiger partial charge in [-0.1, -0.05) is 81.9 Å². The lowest BCUT2D eigenvalue weighted by atomic mass is 9.96. The lowest BCUT2D eigenvalue weighted by Crippen LogP contribution is -2.40. The first-order valence-corrected chi connectivity index (χ1v) is 15.8. The standard InChI is InChI=1S/C31H29BrN2O4S2/c1-4-37-30(36)27-19(2)33-31-34(28(27)22-11-13-23(39-3)14-12-22)29(35)26(40-31)17-21-10-15-25(24(32)16-21)38-18-20-8-6-5-7-9-20/h5-15,17,21,28H,4,16,18H2,1-3H3/b26-17-/t21-,28-/m0/s1. The van der Waals surface area contributed by atoms with Crippen molar-refractivity contribution in [1.29, 1.82) is 0 Å². The summed E-state index contributed by atoms with van der Waals surface area (Å²) in [4.78, 5) is 33.3. The lowest BCUT2D eigenvalue weighted by molar-refractivity contribution is -0.139. The van der Waals surface area contributed by atoms with Gasteiger partial charge in [-0.15, -0.1) is 11.8 Å². The summed E-state index contributed by atoms with van der Waals surface area (Å²) in [6.07, 6.45) is 8.67. The number of carbonyl (C=O) groups excluding carboxylic acids is 1. The van der Waals surface area contributed by atoms with E-state index in [4.69, 9.17) is 9.47 Å². The fraction of sp³-hybridized carbons (Fsp3) is 0.258. The number of halogens is 1. The van der Waals surface area contributed by atoms with E-state index in [1.165, 1.54) is 11.3 Å². The molecule has 1 aliphatic heterocycles. The highest BCUT2D eigenvalue weighted by Crippen LogP contribution is 2.32. The van der Waals surface area contributed by atoms with Crippen molar-refractivity contribution in [2.45, 2.75) is 37.8 Å². The van der Waals surface area contributed by atoms with Gasteiger partial charge in [-0.25, -0.2) is 9.79 Å². The molecule has 0 radical (unpaired) electrons. The molecule has 0 saturated carbocycles. The number of fused-ring (bicyclic) bond motifs is 1. The molecule has 0 N–H and O–H groups in total. The van der Waals surface area contributed by atoms with E-state index in [9.17, 15) is 9.59 Å². The quantitative estimate of drug-likeness (QED) is 0.228. The Kier molecular flexibility index (Phi) is 8.93. The third-order valence-corrected chi connectivity index (χ3v) is 9.19. The highest BCUT2D eigenvalue weighted by atomic mass is 79.9. The first kappa shape index (κ1) is 28.4. The van der Waals surface area contributed by atoms with Crippen LogP contribution in [0.25, 0.3) is 6.08 Å². The first-order valence-electron chi connectivity index (χ1n) is 13.0. The molecule has 2 aliphatic rings. The number of rotatable bonds is 8. The minimum atomic E-state index is -0.611. The molecule has 2 atom stereocenters. The molecule has 2 aromatic carbocycles. The topological polar surface area (TPSA) is 69.9 Å². The van der Waals surface area contributed by atoms with Crippen LogP contribution in [0.3, 0.4) is 0 Å². The van der Waals surface area contributed by atoms with Crippen molar-refractivity contribution < 1.29 is 14.3 Å². The van der Waals surface area contributed by atoms with Crippen molar-refractivity contribution in [3.63, 3.8) is 0 Å². The van der Waals surface area contributed by atoms with E-state index < -0.39 is 12.0 Å². The largest absolute Gasteiger partial charge is 0.488 e. The van der Waals surface area contributed by atoms with Crippen LogP contribution in [0, 0.1) is 5.92 Å². The molecule has 3 aromatic rings. The second-order valence-electron chi connectivity index (χ2n) is 9.37. The predicted molar refractivity (Wildman–Crippen MR) is 164 cm³/mol. The number of hydrogen-bond acceptors (Lipinski definition) is 7. The van der Waals surface area contributed by atoms with Crippen LogP contribution < -0.4 is 14.9 Å². The predicted octanol–water partition coefficient (Wildman–Crippen LogP) is 5.87. The zero-order chi connectivity index (χ0) is 28.2. The Balaban J connectivity index is 1.47. The second kappa shape index (κ2) is 12.6. The molecule has 0 amide bonds. The smallest absolute Gasteiger partial charge is 0.338 e. The number of allylic oxidation sites excluding steroid dienone is 4. The second-order valence-corrected chi connectivity index (χ2v) is 12.2. The number of nitrogens with zero attached hydrogens (tertiary/aromatic N) is 2. The molecular weight excluding hydrogens is 608 g/mol. The van der Waals surface area contributed by atoms with Crippen molar-refractivity contribution in [2.24, 2.45) is 10.9 Å². The van der Waals surface area contributed by atoms with Crippen LogP contribution in [0.15, 0.2) is 103 Å². The van der Waals surface area contributed by atoms with Crippen LogP contribution in [0.2, 0.25) is 0 Å². The molecule has 2 heterocycles. The van der Waals surface area contributed by atoms with Gasteiger partial charge < -0.3 is 9.47 Å². The summed E-state index contributed by atoms with van der Waals surface area (Å²) in [7, 11) is 0. The minimum Gasteiger partial charge on any atom is -0.488 e. The van der Waals surface area contributed by atoms with Crippen LogP contribution in [0.4, 0.5) is 0 Å². The molecule has 206 valence electrons. The maximum Gasteiger partial charge on any atom is 0.338 e. The van der Waals surface area contributed by atoms with E-state index in [0.717, 1.165) is 26.3 Å². The van der Waals surface area contributed by atoms with Gasteiger partial charge in [-0.2, -0.15) is 0 Å². The molecule has 40 heavy (non-hydrogen) atoms. The van der Waals surface area contributed by atoms with Crippen LogP contribution in [0.5, 0.6) is 0 Å². The number of aromatic nitrogens is 1. The van der Waals surface area contributed by atoms with Gasteiger partial charge in [0.15, 0.2) is 4.80 Å². The number of ether oxygens (including phenoxy) is 2. The van der Waals surface area contributed by atoms with Gasteiger partial charge >= 0.3 is 5.97 Å². The average molecular weight is 638 g/mol. The fourth-order valence-electron chi connectivity index (χ4n) is 4.75. The van der Waals surface area contributed by atoms with Crippen molar-refractivity contribution >= 4 is 51.1 Å². The highest BCUT2D eigenvalue weighted by Gasteiger charge is 2.33. The molecule has 1 aromatic heterocycles. The molecule has 0 bridgehead atoms. The summed E-state index contributed by atoms with van der Waals surface area (Å²) in [6, 6.07) is 17.4. The number of carbonyl (C=O) groups is 1. The molecule has 9 heteroatoms. The third kappa shape index (κ3) is 5.96. The molecule has 0 spiro atoms. The first-order chi connectivity index (χ1) is 19.4. The molecule has 0 saturated heterocycles. The van der Waals surface area contributed by atoms with Crippen LogP contribution >= 0.6 is 39.0 Å². The van der Waals surface area contributed by atoms with Crippen molar-refractivity contribution in [1.82, 2.24) is 4.57 Å². The Hall–Kier alpha value is -3.14. The SMILES string of the molecule is CCOC(=O)C1=C(C)N=c2s/c(=C\[C@H]3C=CC(OCc4ccccc4)=C(Br)C3)c(=O)n2[C@H]1c1ccc(SC)cc1. The van der Waals surface area contributed by atoms with Crippen molar-refractivity contribution in [2.75, 3.05) is 12.9 Å².